The lowest BCUT2D eigenvalue weighted by atomic mass is 9.83. The van der Waals surface area contributed by atoms with Crippen molar-refractivity contribution in [1.29, 1.82) is 10.5 Å². The first kappa shape index (κ1) is 14.4. The minimum atomic E-state index is 0.337. The normalized spacial score (nSPS) is 16.6. The van der Waals surface area contributed by atoms with E-state index in [0.29, 0.717) is 17.9 Å². The van der Waals surface area contributed by atoms with Crippen molar-refractivity contribution >= 4 is 0 Å². The van der Waals surface area contributed by atoms with Crippen LogP contribution in [0.15, 0.2) is 24.3 Å². The highest BCUT2D eigenvalue weighted by atomic mass is 15.3. The molecule has 1 aliphatic rings. The van der Waals surface area contributed by atoms with Crippen LogP contribution in [0.4, 0.5) is 0 Å². The van der Waals surface area contributed by atoms with E-state index in [0.717, 1.165) is 37.1 Å². The molecule has 1 atom stereocenters. The molecule has 22 heavy (non-hydrogen) atoms. The summed E-state index contributed by atoms with van der Waals surface area (Å²) in [5, 5.41) is 22.6. The summed E-state index contributed by atoms with van der Waals surface area (Å²) in [5.74, 6) is 0.337. The lowest BCUT2D eigenvalue weighted by Crippen LogP contribution is -2.13. The molecule has 0 amide bonds. The number of nitrogens with zero attached hydrogens (tertiary/aromatic N) is 4. The zero-order valence-corrected chi connectivity index (χ0v) is 12.7. The zero-order valence-electron chi connectivity index (χ0n) is 12.7. The first-order valence-corrected chi connectivity index (χ1v) is 7.65. The largest absolute Gasteiger partial charge is 0.265 e. The maximum absolute atomic E-state index is 9.02. The smallest absolute Gasteiger partial charge is 0.0991 e. The van der Waals surface area contributed by atoms with Crippen molar-refractivity contribution in [1.82, 2.24) is 9.78 Å². The third kappa shape index (κ3) is 2.61. The Hall–Kier alpha value is -2.59. The van der Waals surface area contributed by atoms with Gasteiger partial charge in [0.15, 0.2) is 0 Å². The molecule has 110 valence electrons. The van der Waals surface area contributed by atoms with Crippen LogP contribution < -0.4 is 0 Å². The van der Waals surface area contributed by atoms with E-state index in [4.69, 9.17) is 15.6 Å². The average molecular weight is 290 g/mol. The first-order valence-electron chi connectivity index (χ1n) is 7.65. The maximum Gasteiger partial charge on any atom is 0.0991 e. The molecular formula is C18H18N4. The number of fused-ring (bicyclic) bond motifs is 1. The second-order valence-corrected chi connectivity index (χ2v) is 5.86. The molecule has 1 aliphatic carbocycles. The Morgan fingerprint density at radius 2 is 2.05 bits per heavy atom. The van der Waals surface area contributed by atoms with Gasteiger partial charge in [0, 0.05) is 23.6 Å². The molecule has 0 fully saturated rings. The van der Waals surface area contributed by atoms with Gasteiger partial charge in [-0.2, -0.15) is 15.6 Å². The summed E-state index contributed by atoms with van der Waals surface area (Å²) in [6, 6.07) is 12.1. The van der Waals surface area contributed by atoms with Crippen molar-refractivity contribution in [2.45, 2.75) is 45.1 Å². The van der Waals surface area contributed by atoms with Crippen LogP contribution in [0.25, 0.3) is 0 Å². The van der Waals surface area contributed by atoms with Gasteiger partial charge >= 0.3 is 0 Å². The van der Waals surface area contributed by atoms with E-state index in [1.807, 2.05) is 31.2 Å². The third-order valence-electron chi connectivity index (χ3n) is 4.41. The van der Waals surface area contributed by atoms with E-state index >= 15 is 0 Å². The van der Waals surface area contributed by atoms with Crippen LogP contribution in [0.5, 0.6) is 0 Å². The van der Waals surface area contributed by atoms with E-state index < -0.39 is 0 Å². The fraction of sp³-hybridized carbons (Fsp3) is 0.389. The minimum Gasteiger partial charge on any atom is -0.265 e. The molecule has 0 spiro atoms. The van der Waals surface area contributed by atoms with Gasteiger partial charge in [-0.25, -0.2) is 0 Å². The van der Waals surface area contributed by atoms with E-state index in [2.05, 4.69) is 16.8 Å². The number of nitriles is 2. The summed E-state index contributed by atoms with van der Waals surface area (Å²) in [6.07, 6.45) is 3.83. The lowest BCUT2D eigenvalue weighted by molar-refractivity contribution is 0.531. The van der Waals surface area contributed by atoms with Crippen LogP contribution in [0.2, 0.25) is 0 Å². The van der Waals surface area contributed by atoms with Crippen molar-refractivity contribution in [3.05, 3.63) is 52.3 Å². The van der Waals surface area contributed by atoms with Crippen molar-refractivity contribution in [3.8, 4) is 12.1 Å². The van der Waals surface area contributed by atoms with Crippen LogP contribution in [0.3, 0.4) is 0 Å². The summed E-state index contributed by atoms with van der Waals surface area (Å²) >= 11 is 0. The van der Waals surface area contributed by atoms with Gasteiger partial charge in [0.1, 0.15) is 0 Å². The number of hydrogen-bond donors (Lipinski definition) is 0. The van der Waals surface area contributed by atoms with Gasteiger partial charge in [-0.15, -0.1) is 0 Å². The highest BCUT2D eigenvalue weighted by molar-refractivity contribution is 5.35. The molecule has 1 heterocycles. The average Bonchev–Trinajstić information content (AvgIpc) is 2.86. The number of rotatable bonds is 3. The highest BCUT2D eigenvalue weighted by Gasteiger charge is 2.26. The Balaban J connectivity index is 1.91. The number of aromatic nitrogens is 2. The third-order valence-corrected chi connectivity index (χ3v) is 4.41. The van der Waals surface area contributed by atoms with E-state index in [-0.39, 0.29) is 0 Å². The highest BCUT2D eigenvalue weighted by Crippen LogP contribution is 2.36. The predicted octanol–water partition coefficient (Wildman–Crippen LogP) is 3.45. The van der Waals surface area contributed by atoms with Gasteiger partial charge in [-0.05, 0) is 43.9 Å². The molecule has 4 heteroatoms. The predicted molar refractivity (Wildman–Crippen MR) is 83.1 cm³/mol. The number of aryl methyl sites for hydroxylation is 1. The van der Waals surface area contributed by atoms with Crippen molar-refractivity contribution < 1.29 is 0 Å². The Labute approximate surface area is 130 Å². The summed E-state index contributed by atoms with van der Waals surface area (Å²) in [5.41, 5.74) is 5.46. The molecule has 0 saturated heterocycles. The molecule has 0 aliphatic heterocycles. The van der Waals surface area contributed by atoms with Gasteiger partial charge in [0.25, 0.3) is 0 Å². The molecule has 4 nitrogen and oxygen atoms in total. The molecule has 0 saturated carbocycles. The molecule has 1 unspecified atom stereocenters. The molecule has 0 radical (unpaired) electrons. The van der Waals surface area contributed by atoms with Gasteiger partial charge in [-0.3, -0.25) is 4.68 Å². The second kappa shape index (κ2) is 6.03. The number of hydrogen-bond acceptors (Lipinski definition) is 3. The van der Waals surface area contributed by atoms with Crippen molar-refractivity contribution in [2.75, 3.05) is 0 Å². The van der Waals surface area contributed by atoms with Gasteiger partial charge < -0.3 is 0 Å². The van der Waals surface area contributed by atoms with Gasteiger partial charge in [0.05, 0.1) is 29.9 Å². The Kier molecular flexibility index (Phi) is 3.94. The fourth-order valence-corrected chi connectivity index (χ4v) is 3.40. The summed E-state index contributed by atoms with van der Waals surface area (Å²) < 4.78 is 2.08. The van der Waals surface area contributed by atoms with Crippen LogP contribution in [0, 0.1) is 29.6 Å². The van der Waals surface area contributed by atoms with Crippen molar-refractivity contribution in [3.63, 3.8) is 0 Å². The molecule has 3 rings (SSSR count). The van der Waals surface area contributed by atoms with Gasteiger partial charge in [-0.1, -0.05) is 12.1 Å². The molecule has 1 aromatic carbocycles. The topological polar surface area (TPSA) is 65.4 Å². The van der Waals surface area contributed by atoms with Gasteiger partial charge in [0.2, 0.25) is 0 Å². The molecule has 1 aromatic heterocycles. The fourth-order valence-electron chi connectivity index (χ4n) is 3.40. The molecule has 2 aromatic rings. The van der Waals surface area contributed by atoms with E-state index in [9.17, 15) is 0 Å². The first-order chi connectivity index (χ1) is 10.7. The van der Waals surface area contributed by atoms with Crippen molar-refractivity contribution in [2.24, 2.45) is 0 Å². The molecule has 0 N–H and O–H groups in total. The Bertz CT molecular complexity index is 756. The SMILES string of the molecule is Cc1nn(Cc2ccc(C#N)cc2)c2c1C(CC#N)CCC2. The van der Waals surface area contributed by atoms with E-state index in [1.54, 1.807) is 0 Å². The standard InChI is InChI=1S/C18H18N4/c1-13-18-16(9-10-19)3-2-4-17(18)22(21-13)12-15-7-5-14(11-20)6-8-15/h5-8,16H,2-4,9,12H2,1H3. The minimum absolute atomic E-state index is 0.337. The summed E-state index contributed by atoms with van der Waals surface area (Å²) in [7, 11) is 0. The molecule has 0 bridgehead atoms. The van der Waals surface area contributed by atoms with E-state index in [1.165, 1.54) is 11.3 Å². The quantitative estimate of drug-likeness (QED) is 0.869. The van der Waals surface area contributed by atoms with Crippen LogP contribution in [-0.4, -0.2) is 9.78 Å². The monoisotopic (exact) mass is 290 g/mol. The van der Waals surface area contributed by atoms with Crippen LogP contribution in [-0.2, 0) is 13.0 Å². The Morgan fingerprint density at radius 1 is 1.27 bits per heavy atom. The Morgan fingerprint density at radius 3 is 2.73 bits per heavy atom. The maximum atomic E-state index is 9.02. The van der Waals surface area contributed by atoms with Crippen LogP contribution >= 0.6 is 0 Å². The second-order valence-electron chi connectivity index (χ2n) is 5.86. The lowest BCUT2D eigenvalue weighted by Gasteiger charge is -2.21. The summed E-state index contributed by atoms with van der Waals surface area (Å²) in [6.45, 7) is 2.77. The summed E-state index contributed by atoms with van der Waals surface area (Å²) in [4.78, 5) is 0. The zero-order chi connectivity index (χ0) is 15.5. The molecular weight excluding hydrogens is 272 g/mol. The number of benzene rings is 1. The van der Waals surface area contributed by atoms with Crippen LogP contribution in [0.1, 0.15) is 53.3 Å².